The summed E-state index contributed by atoms with van der Waals surface area (Å²) in [6.07, 6.45) is -2.89. The van der Waals surface area contributed by atoms with Crippen LogP contribution in [-0.2, 0) is 37.9 Å². The first-order valence-corrected chi connectivity index (χ1v) is 8.49. The van der Waals surface area contributed by atoms with E-state index in [1.54, 1.807) is 21.3 Å². The van der Waals surface area contributed by atoms with E-state index in [2.05, 4.69) is 0 Å². The maximum atomic E-state index is 6.18. The molecule has 0 radical (unpaired) electrons. The summed E-state index contributed by atoms with van der Waals surface area (Å²) in [5.41, 5.74) is 0.930. The summed E-state index contributed by atoms with van der Waals surface area (Å²) in [7, 11) is 4.67. The second-order valence-electron chi connectivity index (χ2n) is 6.03. The Morgan fingerprint density at radius 3 is 2.27 bits per heavy atom. The first-order chi connectivity index (χ1) is 12.8. The van der Waals surface area contributed by atoms with Crippen molar-refractivity contribution < 1.29 is 37.9 Å². The van der Waals surface area contributed by atoms with Crippen LogP contribution >= 0.6 is 0 Å². The second kappa shape index (κ2) is 9.72. The van der Waals surface area contributed by atoms with Crippen molar-refractivity contribution in [3.8, 4) is 0 Å². The Labute approximate surface area is 153 Å². The molecule has 2 saturated heterocycles. The molecule has 8 heteroatoms. The number of rotatable bonds is 8. The number of fused-ring (bicyclic) bond motifs is 1. The topological polar surface area (TPSA) is 73.8 Å². The molecular weight excluding hydrogens is 344 g/mol. The molecule has 0 N–H and O–H groups in total. The normalized spacial score (nSPS) is 34.4. The number of ether oxygens (including phenoxy) is 8. The highest BCUT2D eigenvalue weighted by Gasteiger charge is 2.51. The van der Waals surface area contributed by atoms with Gasteiger partial charge in [0.15, 0.2) is 12.6 Å². The Bertz CT molecular complexity index is 527. The van der Waals surface area contributed by atoms with Crippen molar-refractivity contribution in [2.45, 2.75) is 37.0 Å². The van der Waals surface area contributed by atoms with Crippen LogP contribution in [-0.4, -0.2) is 72.2 Å². The molecule has 1 aromatic rings. The van der Waals surface area contributed by atoms with Crippen LogP contribution in [0.5, 0.6) is 0 Å². The molecule has 2 fully saturated rings. The molecule has 146 valence electrons. The summed E-state index contributed by atoms with van der Waals surface area (Å²) >= 11 is 0. The van der Waals surface area contributed by atoms with Gasteiger partial charge in [0.05, 0.1) is 6.61 Å². The zero-order valence-electron chi connectivity index (χ0n) is 15.2. The molecule has 26 heavy (non-hydrogen) atoms. The monoisotopic (exact) mass is 370 g/mol. The third-order valence-electron chi connectivity index (χ3n) is 4.34. The van der Waals surface area contributed by atoms with E-state index >= 15 is 0 Å². The van der Waals surface area contributed by atoms with Gasteiger partial charge in [-0.15, -0.1) is 0 Å². The van der Waals surface area contributed by atoms with Gasteiger partial charge in [-0.25, -0.2) is 0 Å². The standard InChI is InChI=1S/C18H26O8/c1-19-10-23-15-14-13(25-18(21-3)16(15)24-11-20-2)9-22-17(26-14)12-7-5-4-6-8-12/h4-8,13-18H,9-11H2,1-3H3/t13-,14-,15-,16+,17?,18+/m1/s1. The van der Waals surface area contributed by atoms with E-state index < -0.39 is 30.9 Å². The molecule has 1 unspecified atom stereocenters. The van der Waals surface area contributed by atoms with E-state index in [9.17, 15) is 0 Å². The predicted molar refractivity (Wildman–Crippen MR) is 89.2 cm³/mol. The summed E-state index contributed by atoms with van der Waals surface area (Å²) in [5, 5.41) is 0. The molecule has 0 saturated carbocycles. The third-order valence-corrected chi connectivity index (χ3v) is 4.34. The molecule has 0 aliphatic carbocycles. The van der Waals surface area contributed by atoms with Crippen molar-refractivity contribution in [2.75, 3.05) is 41.5 Å². The fourth-order valence-corrected chi connectivity index (χ4v) is 3.17. The molecule has 6 atom stereocenters. The van der Waals surface area contributed by atoms with Crippen molar-refractivity contribution in [1.82, 2.24) is 0 Å². The minimum absolute atomic E-state index is 0.0801. The summed E-state index contributed by atoms with van der Waals surface area (Å²) in [6.45, 7) is 0.530. The van der Waals surface area contributed by atoms with Gasteiger partial charge in [0.25, 0.3) is 0 Å². The molecule has 2 aliphatic rings. The Morgan fingerprint density at radius 1 is 0.923 bits per heavy atom. The van der Waals surface area contributed by atoms with Gasteiger partial charge < -0.3 is 37.9 Å². The van der Waals surface area contributed by atoms with E-state index in [-0.39, 0.29) is 19.7 Å². The van der Waals surface area contributed by atoms with Crippen LogP contribution in [0.25, 0.3) is 0 Å². The molecule has 3 rings (SSSR count). The molecule has 8 nitrogen and oxygen atoms in total. The number of hydrogen-bond acceptors (Lipinski definition) is 8. The maximum Gasteiger partial charge on any atom is 0.186 e. The SMILES string of the molecule is COCO[C@H]1[C@H](OCOC)[C@@H](OC)O[C@@H]2COC(c3ccccc3)O[C@@H]12. The lowest BCUT2D eigenvalue weighted by molar-refractivity contribution is -0.375. The molecular formula is C18H26O8. The smallest absolute Gasteiger partial charge is 0.186 e. The number of benzene rings is 1. The molecule has 0 spiro atoms. The quantitative estimate of drug-likeness (QED) is 0.637. The summed E-state index contributed by atoms with van der Waals surface area (Å²) < 4.78 is 45.2. The van der Waals surface area contributed by atoms with Crippen molar-refractivity contribution >= 4 is 0 Å². The van der Waals surface area contributed by atoms with Crippen LogP contribution in [0, 0.1) is 0 Å². The van der Waals surface area contributed by atoms with Crippen molar-refractivity contribution in [3.63, 3.8) is 0 Å². The lowest BCUT2D eigenvalue weighted by Crippen LogP contribution is -2.63. The van der Waals surface area contributed by atoms with Gasteiger partial charge in [0.1, 0.15) is 38.0 Å². The maximum absolute atomic E-state index is 6.18. The second-order valence-corrected chi connectivity index (χ2v) is 6.03. The average molecular weight is 370 g/mol. The number of hydrogen-bond donors (Lipinski definition) is 0. The molecule has 0 aromatic heterocycles. The van der Waals surface area contributed by atoms with Crippen molar-refractivity contribution in [2.24, 2.45) is 0 Å². The summed E-state index contributed by atoms with van der Waals surface area (Å²) in [5.74, 6) is 0. The highest BCUT2D eigenvalue weighted by molar-refractivity contribution is 5.16. The lowest BCUT2D eigenvalue weighted by Gasteiger charge is -2.48. The van der Waals surface area contributed by atoms with E-state index in [0.717, 1.165) is 5.56 Å². The molecule has 2 heterocycles. The van der Waals surface area contributed by atoms with Gasteiger partial charge in [-0.05, 0) is 0 Å². The number of methoxy groups -OCH3 is 3. The van der Waals surface area contributed by atoms with Gasteiger partial charge in [0.2, 0.25) is 0 Å². The van der Waals surface area contributed by atoms with Crippen LogP contribution in [0.2, 0.25) is 0 Å². The lowest BCUT2D eigenvalue weighted by atomic mass is 9.97. The average Bonchev–Trinajstić information content (AvgIpc) is 2.70. The zero-order chi connectivity index (χ0) is 18.4. The fourth-order valence-electron chi connectivity index (χ4n) is 3.17. The van der Waals surface area contributed by atoms with Crippen molar-refractivity contribution in [1.29, 1.82) is 0 Å². The van der Waals surface area contributed by atoms with E-state index in [1.807, 2.05) is 30.3 Å². The van der Waals surface area contributed by atoms with Gasteiger partial charge in [-0.1, -0.05) is 30.3 Å². The Kier molecular flexibility index (Phi) is 7.35. The predicted octanol–water partition coefficient (Wildman–Crippen LogP) is 1.45. The summed E-state index contributed by atoms with van der Waals surface area (Å²) in [4.78, 5) is 0. The largest absolute Gasteiger partial charge is 0.359 e. The van der Waals surface area contributed by atoms with Crippen LogP contribution in [0.15, 0.2) is 30.3 Å². The highest BCUT2D eigenvalue weighted by Crippen LogP contribution is 2.36. The third kappa shape index (κ3) is 4.41. The first kappa shape index (κ1) is 19.7. The fraction of sp³-hybridized carbons (Fsp3) is 0.667. The van der Waals surface area contributed by atoms with Gasteiger partial charge >= 0.3 is 0 Å². The van der Waals surface area contributed by atoms with Crippen LogP contribution < -0.4 is 0 Å². The van der Waals surface area contributed by atoms with Crippen molar-refractivity contribution in [3.05, 3.63) is 35.9 Å². The minimum atomic E-state index is -0.631. The molecule has 0 amide bonds. The van der Waals surface area contributed by atoms with Gasteiger partial charge in [0, 0.05) is 26.9 Å². The molecule has 0 bridgehead atoms. The highest BCUT2D eigenvalue weighted by atomic mass is 16.8. The minimum Gasteiger partial charge on any atom is -0.359 e. The summed E-state index contributed by atoms with van der Waals surface area (Å²) in [6, 6.07) is 9.74. The van der Waals surface area contributed by atoms with E-state index in [1.165, 1.54) is 0 Å². The van der Waals surface area contributed by atoms with Crippen LogP contribution in [0.4, 0.5) is 0 Å². The van der Waals surface area contributed by atoms with Crippen LogP contribution in [0.1, 0.15) is 11.9 Å². The van der Waals surface area contributed by atoms with Gasteiger partial charge in [-0.2, -0.15) is 0 Å². The van der Waals surface area contributed by atoms with Crippen LogP contribution in [0.3, 0.4) is 0 Å². The molecule has 2 aliphatic heterocycles. The Hall–Kier alpha value is -1.10. The zero-order valence-corrected chi connectivity index (χ0v) is 15.2. The molecule has 1 aromatic carbocycles. The Morgan fingerprint density at radius 2 is 1.62 bits per heavy atom. The van der Waals surface area contributed by atoms with E-state index in [4.69, 9.17) is 37.9 Å². The first-order valence-electron chi connectivity index (χ1n) is 8.49. The van der Waals surface area contributed by atoms with E-state index in [0.29, 0.717) is 6.61 Å². The van der Waals surface area contributed by atoms with Gasteiger partial charge in [-0.3, -0.25) is 0 Å². The Balaban J connectivity index is 1.79.